The molecule has 2 aliphatic rings. The second-order valence-corrected chi connectivity index (χ2v) is 8.12. The summed E-state index contributed by atoms with van der Waals surface area (Å²) < 4.78 is 0. The van der Waals surface area contributed by atoms with E-state index in [2.05, 4.69) is 15.2 Å². The summed E-state index contributed by atoms with van der Waals surface area (Å²) in [4.78, 5) is 34.7. The molecule has 0 atom stereocenters. The normalized spacial score (nSPS) is 17.8. The maximum atomic E-state index is 13.9. The van der Waals surface area contributed by atoms with E-state index in [-0.39, 0.29) is 18.6 Å². The van der Waals surface area contributed by atoms with Crippen LogP contribution < -0.4 is 5.32 Å². The van der Waals surface area contributed by atoms with Gasteiger partial charge in [0.25, 0.3) is 5.91 Å². The van der Waals surface area contributed by atoms with Gasteiger partial charge in [-0.05, 0) is 41.7 Å². The fraction of sp³-hybridized carbons (Fsp3) is 0.240. The molecule has 2 heterocycles. The number of rotatable bonds is 7. The Hall–Kier alpha value is -3.51. The predicted molar refractivity (Wildman–Crippen MR) is 117 cm³/mol. The molecule has 0 radical (unpaired) electrons. The zero-order chi connectivity index (χ0) is 21.3. The quantitative estimate of drug-likeness (QED) is 0.603. The highest BCUT2D eigenvalue weighted by Gasteiger charge is 2.54. The molecule has 6 nitrogen and oxygen atoms in total. The van der Waals surface area contributed by atoms with E-state index in [4.69, 9.17) is 0 Å². The van der Waals surface area contributed by atoms with Crippen molar-refractivity contribution >= 4 is 11.9 Å². The molecular formula is C25H24N4O2. The number of nitrogens with zero attached hydrogens (tertiary/aromatic N) is 3. The van der Waals surface area contributed by atoms with E-state index in [1.165, 1.54) is 4.90 Å². The number of aromatic nitrogens is 1. The summed E-state index contributed by atoms with van der Waals surface area (Å²) in [6, 6.07) is 22.9. The minimum absolute atomic E-state index is 0.240. The van der Waals surface area contributed by atoms with Gasteiger partial charge in [0.05, 0.1) is 6.67 Å². The number of pyridine rings is 1. The molecule has 156 valence electrons. The number of hydrogen-bond acceptors (Lipinski definition) is 4. The maximum Gasteiger partial charge on any atom is 0.326 e. The first-order chi connectivity index (χ1) is 15.2. The Kier molecular flexibility index (Phi) is 5.00. The second kappa shape index (κ2) is 7.96. The van der Waals surface area contributed by atoms with Gasteiger partial charge >= 0.3 is 6.03 Å². The molecule has 1 N–H and O–H groups in total. The third-order valence-corrected chi connectivity index (χ3v) is 6.04. The van der Waals surface area contributed by atoms with Gasteiger partial charge < -0.3 is 5.32 Å². The lowest BCUT2D eigenvalue weighted by Crippen LogP contribution is -2.46. The van der Waals surface area contributed by atoms with Crippen molar-refractivity contribution < 1.29 is 9.59 Å². The number of amides is 3. The molecule has 1 aliphatic carbocycles. The Morgan fingerprint density at radius 2 is 1.48 bits per heavy atom. The van der Waals surface area contributed by atoms with Gasteiger partial charge in [0, 0.05) is 25.0 Å². The van der Waals surface area contributed by atoms with Gasteiger partial charge in [-0.1, -0.05) is 60.7 Å². The van der Waals surface area contributed by atoms with Crippen molar-refractivity contribution in [2.24, 2.45) is 0 Å². The molecule has 2 aromatic carbocycles. The summed E-state index contributed by atoms with van der Waals surface area (Å²) in [7, 11) is 0. The van der Waals surface area contributed by atoms with Crippen LogP contribution in [0.3, 0.4) is 0 Å². The van der Waals surface area contributed by atoms with Gasteiger partial charge in [0.15, 0.2) is 5.54 Å². The summed E-state index contributed by atoms with van der Waals surface area (Å²) in [5, 5.41) is 3.03. The molecule has 2 fully saturated rings. The van der Waals surface area contributed by atoms with Gasteiger partial charge in [-0.25, -0.2) is 9.69 Å². The minimum atomic E-state index is -1.22. The summed E-state index contributed by atoms with van der Waals surface area (Å²) in [5.74, 6) is -0.240. The molecule has 3 aromatic rings. The predicted octanol–water partition coefficient (Wildman–Crippen LogP) is 3.50. The lowest BCUT2D eigenvalue weighted by molar-refractivity contribution is -0.131. The van der Waals surface area contributed by atoms with Crippen LogP contribution in [-0.4, -0.2) is 39.4 Å². The van der Waals surface area contributed by atoms with Gasteiger partial charge in [-0.15, -0.1) is 0 Å². The minimum Gasteiger partial charge on any atom is -0.315 e. The third-order valence-electron chi connectivity index (χ3n) is 6.04. The SMILES string of the molecule is O=C1NC(c2ccccc2)(c2ccccc2)C(=O)N1CN(Cc1ccncc1)C1CC1. The van der Waals surface area contributed by atoms with Crippen LogP contribution in [0.1, 0.15) is 29.5 Å². The third kappa shape index (κ3) is 3.59. The molecule has 31 heavy (non-hydrogen) atoms. The lowest BCUT2D eigenvalue weighted by Gasteiger charge is -2.29. The summed E-state index contributed by atoms with van der Waals surface area (Å²) >= 11 is 0. The molecule has 1 saturated carbocycles. The van der Waals surface area contributed by atoms with Crippen LogP contribution in [0.15, 0.2) is 85.2 Å². The maximum absolute atomic E-state index is 13.9. The van der Waals surface area contributed by atoms with Crippen LogP contribution in [0.2, 0.25) is 0 Å². The van der Waals surface area contributed by atoms with Gasteiger partial charge in [-0.3, -0.25) is 14.7 Å². The summed E-state index contributed by atoms with van der Waals surface area (Å²) in [6.07, 6.45) is 5.70. The first-order valence-electron chi connectivity index (χ1n) is 10.6. The average molecular weight is 412 g/mol. The fourth-order valence-electron chi connectivity index (χ4n) is 4.28. The molecule has 1 aromatic heterocycles. The topological polar surface area (TPSA) is 65.5 Å². The van der Waals surface area contributed by atoms with E-state index in [0.29, 0.717) is 12.6 Å². The Balaban J connectivity index is 1.48. The molecular weight excluding hydrogens is 388 g/mol. The summed E-state index contributed by atoms with van der Waals surface area (Å²) in [5.41, 5.74) is 1.42. The standard InChI is InChI=1S/C25H24N4O2/c30-23-25(20-7-3-1-4-8-20,21-9-5-2-6-10-21)27-24(31)29(23)18-28(22-11-12-22)17-19-13-15-26-16-14-19/h1-10,13-16,22H,11-12,17-18H2,(H,27,31). The van der Waals surface area contributed by atoms with Crippen molar-refractivity contribution in [3.63, 3.8) is 0 Å². The Morgan fingerprint density at radius 3 is 2.03 bits per heavy atom. The van der Waals surface area contributed by atoms with Crippen molar-refractivity contribution in [2.45, 2.75) is 31.0 Å². The van der Waals surface area contributed by atoms with Crippen LogP contribution in [0.25, 0.3) is 0 Å². The van der Waals surface area contributed by atoms with Gasteiger partial charge in [0.2, 0.25) is 0 Å². The monoisotopic (exact) mass is 412 g/mol. The first kappa shape index (κ1) is 19.5. The number of imide groups is 1. The number of urea groups is 1. The molecule has 0 unspecified atom stereocenters. The van der Waals surface area contributed by atoms with E-state index in [1.807, 2.05) is 72.8 Å². The highest BCUT2D eigenvalue weighted by atomic mass is 16.2. The van der Waals surface area contributed by atoms with E-state index in [9.17, 15) is 9.59 Å². The second-order valence-electron chi connectivity index (χ2n) is 8.12. The number of benzene rings is 2. The number of carbonyl (C=O) groups excluding carboxylic acids is 2. The Bertz CT molecular complexity index is 1030. The van der Waals surface area contributed by atoms with Crippen molar-refractivity contribution in [2.75, 3.05) is 6.67 Å². The van der Waals surface area contributed by atoms with Crippen LogP contribution in [0, 0.1) is 0 Å². The van der Waals surface area contributed by atoms with Crippen LogP contribution >= 0.6 is 0 Å². The molecule has 3 amide bonds. The number of nitrogens with one attached hydrogen (secondary N) is 1. The average Bonchev–Trinajstić information content (AvgIpc) is 3.63. The van der Waals surface area contributed by atoms with Crippen LogP contribution in [0.4, 0.5) is 4.79 Å². The van der Waals surface area contributed by atoms with Crippen LogP contribution in [-0.2, 0) is 16.9 Å². The number of hydrogen-bond donors (Lipinski definition) is 1. The van der Waals surface area contributed by atoms with Crippen molar-refractivity contribution in [3.8, 4) is 0 Å². The molecule has 0 bridgehead atoms. The smallest absolute Gasteiger partial charge is 0.315 e. The Labute approximate surface area is 181 Å². The van der Waals surface area contributed by atoms with Crippen molar-refractivity contribution in [1.29, 1.82) is 0 Å². The van der Waals surface area contributed by atoms with Gasteiger partial charge in [-0.2, -0.15) is 0 Å². The Morgan fingerprint density at radius 1 is 0.903 bits per heavy atom. The van der Waals surface area contributed by atoms with Crippen LogP contribution in [0.5, 0.6) is 0 Å². The summed E-state index contributed by atoms with van der Waals surface area (Å²) in [6.45, 7) is 0.937. The van der Waals surface area contributed by atoms with E-state index >= 15 is 0 Å². The first-order valence-corrected chi connectivity index (χ1v) is 10.6. The molecule has 1 saturated heterocycles. The van der Waals surface area contributed by atoms with Gasteiger partial charge in [0.1, 0.15) is 0 Å². The van der Waals surface area contributed by atoms with E-state index in [1.54, 1.807) is 12.4 Å². The molecule has 5 rings (SSSR count). The number of carbonyl (C=O) groups is 2. The zero-order valence-corrected chi connectivity index (χ0v) is 17.1. The molecule has 6 heteroatoms. The highest BCUT2D eigenvalue weighted by molar-refractivity contribution is 6.09. The molecule has 0 spiro atoms. The highest BCUT2D eigenvalue weighted by Crippen LogP contribution is 2.37. The van der Waals surface area contributed by atoms with E-state index < -0.39 is 5.54 Å². The lowest BCUT2D eigenvalue weighted by atomic mass is 9.83. The van der Waals surface area contributed by atoms with Crippen molar-refractivity contribution in [3.05, 3.63) is 102 Å². The zero-order valence-electron chi connectivity index (χ0n) is 17.1. The molecule has 1 aliphatic heterocycles. The largest absolute Gasteiger partial charge is 0.326 e. The fourth-order valence-corrected chi connectivity index (χ4v) is 4.28. The van der Waals surface area contributed by atoms with E-state index in [0.717, 1.165) is 29.5 Å². The van der Waals surface area contributed by atoms with Crippen molar-refractivity contribution in [1.82, 2.24) is 20.1 Å².